The first-order chi connectivity index (χ1) is 19.5. The van der Waals surface area contributed by atoms with Crippen LogP contribution in [-0.2, 0) is 20.5 Å². The van der Waals surface area contributed by atoms with Crippen LogP contribution in [-0.4, -0.2) is 88.8 Å². The van der Waals surface area contributed by atoms with Crippen LogP contribution in [0, 0.1) is 5.82 Å². The first-order valence-corrected chi connectivity index (χ1v) is 15.0. The van der Waals surface area contributed by atoms with E-state index in [1.54, 1.807) is 31.2 Å². The Balaban J connectivity index is 1.70. The number of nitrogens with zero attached hydrogens (tertiary/aromatic N) is 4. The molecule has 2 atom stereocenters. The highest BCUT2D eigenvalue weighted by molar-refractivity contribution is 14.1. The Labute approximate surface area is 252 Å². The van der Waals surface area contributed by atoms with Crippen molar-refractivity contribution >= 4 is 57.2 Å². The monoisotopic (exact) mass is 676 g/mol. The topological polar surface area (TPSA) is 92.2 Å². The number of likely N-dealkylation sites (N-methyl/N-ethyl adjacent to an activating group) is 1. The molecule has 11 heteroatoms. The van der Waals surface area contributed by atoms with Crippen LogP contribution in [0.15, 0.2) is 42.6 Å². The van der Waals surface area contributed by atoms with E-state index in [2.05, 4.69) is 34.4 Å². The molecule has 41 heavy (non-hydrogen) atoms. The summed E-state index contributed by atoms with van der Waals surface area (Å²) in [6.07, 6.45) is 0.642. The highest BCUT2D eigenvalue weighted by Crippen LogP contribution is 2.30. The van der Waals surface area contributed by atoms with Gasteiger partial charge in [0.2, 0.25) is 0 Å². The molecule has 2 heterocycles. The molecule has 0 saturated carbocycles. The Bertz CT molecular complexity index is 1490. The van der Waals surface area contributed by atoms with Crippen LogP contribution in [0.3, 0.4) is 0 Å². The Hall–Kier alpha value is -3.32. The predicted octanol–water partition coefficient (Wildman–Crippen LogP) is 4.73. The number of ketones is 1. The molecule has 0 unspecified atom stereocenters. The summed E-state index contributed by atoms with van der Waals surface area (Å²) < 4.78 is 20.3. The Morgan fingerprint density at radius 3 is 2.32 bits per heavy atom. The normalized spacial score (nSPS) is 17.5. The molecule has 1 saturated heterocycles. The molecule has 0 radical (unpaired) electrons. The quantitative estimate of drug-likeness (QED) is 0.156. The van der Waals surface area contributed by atoms with Crippen molar-refractivity contribution in [3.63, 3.8) is 0 Å². The second-order valence-electron chi connectivity index (χ2n) is 10.5. The number of alkyl halides is 1. The standard InChI is InChI=1S/C30H34FIN4O5/c1-6-41-30(40)36-17-25(27(37)29(39)33(4)5)24-12-23(21(13-32)11-26(24)36)28(38)35-15-18(2)34(14-19(35)3)16-20-7-9-22(31)10-8-20/h7-12,17-19H,6,13-16H2,1-5H3/t18-,19+/m0/s1. The molecule has 9 nitrogen and oxygen atoms in total. The Morgan fingerprint density at radius 1 is 1.02 bits per heavy atom. The number of hydrogen-bond acceptors (Lipinski definition) is 6. The molecule has 0 bridgehead atoms. The van der Waals surface area contributed by atoms with Crippen molar-refractivity contribution in [2.45, 2.75) is 43.8 Å². The van der Waals surface area contributed by atoms with Gasteiger partial charge in [0.15, 0.2) is 0 Å². The minimum atomic E-state index is -0.778. The molecule has 2 amide bonds. The van der Waals surface area contributed by atoms with Gasteiger partial charge in [0.1, 0.15) is 5.82 Å². The zero-order chi connectivity index (χ0) is 30.0. The summed E-state index contributed by atoms with van der Waals surface area (Å²) >= 11 is 2.17. The fourth-order valence-electron chi connectivity index (χ4n) is 5.15. The molecule has 0 N–H and O–H groups in total. The number of aromatic nitrogens is 1. The van der Waals surface area contributed by atoms with Crippen molar-refractivity contribution < 1.29 is 28.3 Å². The van der Waals surface area contributed by atoms with E-state index < -0.39 is 17.8 Å². The van der Waals surface area contributed by atoms with Gasteiger partial charge in [-0.3, -0.25) is 23.9 Å². The van der Waals surface area contributed by atoms with Gasteiger partial charge in [-0.05, 0) is 56.2 Å². The SMILES string of the molecule is CCOC(=O)n1cc(C(=O)C(=O)N(C)C)c2cc(C(=O)N3C[C@H](C)N(Cc4ccc(F)cc4)C[C@H]3C)c(CI)cc21. The van der Waals surface area contributed by atoms with Gasteiger partial charge in [-0.25, -0.2) is 9.18 Å². The summed E-state index contributed by atoms with van der Waals surface area (Å²) in [4.78, 5) is 57.8. The maximum absolute atomic E-state index is 14.1. The lowest BCUT2D eigenvalue weighted by molar-refractivity contribution is -0.124. The van der Waals surface area contributed by atoms with Crippen molar-refractivity contribution in [3.8, 4) is 0 Å². The molecule has 2 aromatic carbocycles. The van der Waals surface area contributed by atoms with Crippen molar-refractivity contribution in [3.05, 3.63) is 70.7 Å². The summed E-state index contributed by atoms with van der Waals surface area (Å²) in [6, 6.07) is 9.73. The van der Waals surface area contributed by atoms with Gasteiger partial charge in [0.05, 0.1) is 17.7 Å². The fourth-order valence-corrected chi connectivity index (χ4v) is 5.78. The van der Waals surface area contributed by atoms with Gasteiger partial charge in [0.25, 0.3) is 17.6 Å². The lowest BCUT2D eigenvalue weighted by Gasteiger charge is -2.44. The van der Waals surface area contributed by atoms with Crippen molar-refractivity contribution in [2.75, 3.05) is 33.8 Å². The maximum atomic E-state index is 14.1. The summed E-state index contributed by atoms with van der Waals surface area (Å²) in [5.74, 6) is -1.97. The number of benzene rings is 2. The zero-order valence-corrected chi connectivity index (χ0v) is 26.0. The van der Waals surface area contributed by atoms with Crippen LogP contribution in [0.4, 0.5) is 9.18 Å². The number of amides is 2. The number of carbonyl (C=O) groups is 4. The molecular weight excluding hydrogens is 642 g/mol. The van der Waals surface area contributed by atoms with Crippen LogP contribution < -0.4 is 0 Å². The van der Waals surface area contributed by atoms with Gasteiger partial charge >= 0.3 is 6.09 Å². The van der Waals surface area contributed by atoms with Gasteiger partial charge in [0, 0.05) is 67.4 Å². The zero-order valence-electron chi connectivity index (χ0n) is 23.8. The van der Waals surface area contributed by atoms with Crippen molar-refractivity contribution in [1.29, 1.82) is 0 Å². The van der Waals surface area contributed by atoms with Gasteiger partial charge < -0.3 is 14.5 Å². The minimum absolute atomic E-state index is 0.0337. The number of hydrogen-bond donors (Lipinski definition) is 0. The summed E-state index contributed by atoms with van der Waals surface area (Å²) in [5, 5.41) is 0.339. The number of halogens is 2. The third kappa shape index (κ3) is 6.30. The molecule has 1 fully saturated rings. The largest absolute Gasteiger partial charge is 0.449 e. The van der Waals surface area contributed by atoms with E-state index in [1.807, 2.05) is 11.8 Å². The summed E-state index contributed by atoms with van der Waals surface area (Å²) in [5.41, 5.74) is 2.56. The second kappa shape index (κ2) is 12.7. The molecule has 0 aliphatic carbocycles. The second-order valence-corrected chi connectivity index (χ2v) is 11.3. The number of fused-ring (bicyclic) bond motifs is 1. The van der Waals surface area contributed by atoms with E-state index in [0.717, 1.165) is 5.56 Å². The van der Waals surface area contributed by atoms with E-state index in [-0.39, 0.29) is 36.0 Å². The number of Topliss-reactive ketones (excluding diaryl/α,β-unsaturated/α-hetero) is 1. The first-order valence-electron chi connectivity index (χ1n) is 13.4. The third-order valence-electron chi connectivity index (χ3n) is 7.39. The molecule has 218 valence electrons. The number of ether oxygens (including phenoxy) is 1. The molecule has 3 aromatic rings. The summed E-state index contributed by atoms with van der Waals surface area (Å²) in [6.45, 7) is 7.62. The van der Waals surface area contributed by atoms with Crippen LogP contribution in [0.25, 0.3) is 10.9 Å². The molecule has 1 aliphatic heterocycles. The van der Waals surface area contributed by atoms with Crippen molar-refractivity contribution in [1.82, 2.24) is 19.3 Å². The molecule has 4 rings (SSSR count). The van der Waals surface area contributed by atoms with E-state index in [4.69, 9.17) is 4.74 Å². The Kier molecular flexibility index (Phi) is 9.48. The van der Waals surface area contributed by atoms with Gasteiger partial charge in [-0.1, -0.05) is 34.7 Å². The minimum Gasteiger partial charge on any atom is -0.449 e. The Morgan fingerprint density at radius 2 is 1.71 bits per heavy atom. The van der Waals surface area contributed by atoms with Crippen LogP contribution in [0.2, 0.25) is 0 Å². The van der Waals surface area contributed by atoms with Crippen LogP contribution >= 0.6 is 22.6 Å². The maximum Gasteiger partial charge on any atom is 0.418 e. The van der Waals surface area contributed by atoms with Crippen LogP contribution in [0.5, 0.6) is 0 Å². The third-order valence-corrected chi connectivity index (χ3v) is 8.21. The highest BCUT2D eigenvalue weighted by Gasteiger charge is 2.34. The molecule has 1 aliphatic rings. The van der Waals surface area contributed by atoms with Crippen LogP contribution in [0.1, 0.15) is 52.6 Å². The van der Waals surface area contributed by atoms with E-state index in [9.17, 15) is 23.6 Å². The molecular formula is C30H34FIN4O5. The smallest absolute Gasteiger partial charge is 0.418 e. The van der Waals surface area contributed by atoms with E-state index in [0.29, 0.717) is 46.1 Å². The average molecular weight is 677 g/mol. The van der Waals surface area contributed by atoms with Gasteiger partial charge in [-0.2, -0.15) is 0 Å². The lowest BCUT2D eigenvalue weighted by atomic mass is 9.99. The van der Waals surface area contributed by atoms with Gasteiger partial charge in [-0.15, -0.1) is 0 Å². The van der Waals surface area contributed by atoms with E-state index in [1.165, 1.54) is 41.9 Å². The lowest BCUT2D eigenvalue weighted by Crippen LogP contribution is -2.57. The highest BCUT2D eigenvalue weighted by atomic mass is 127. The number of piperazine rings is 1. The number of carbonyl (C=O) groups excluding carboxylic acids is 4. The fraction of sp³-hybridized carbons (Fsp3) is 0.400. The molecule has 1 aromatic heterocycles. The summed E-state index contributed by atoms with van der Waals surface area (Å²) in [7, 11) is 2.96. The first kappa shape index (κ1) is 30.6. The van der Waals surface area contributed by atoms with Crippen molar-refractivity contribution in [2.24, 2.45) is 0 Å². The number of rotatable bonds is 7. The predicted molar refractivity (Wildman–Crippen MR) is 162 cm³/mol. The van der Waals surface area contributed by atoms with E-state index >= 15 is 0 Å². The average Bonchev–Trinajstić information content (AvgIpc) is 3.32. The molecule has 0 spiro atoms.